The summed E-state index contributed by atoms with van der Waals surface area (Å²) in [6.07, 6.45) is 2.46. The number of carbonyl (C=O) groups is 2. The highest BCUT2D eigenvalue weighted by Crippen LogP contribution is 2.39. The van der Waals surface area contributed by atoms with E-state index in [0.717, 1.165) is 48.4 Å². The van der Waals surface area contributed by atoms with Crippen LogP contribution in [0.4, 0.5) is 18.9 Å². The van der Waals surface area contributed by atoms with Crippen LogP contribution in [0.5, 0.6) is 0 Å². The van der Waals surface area contributed by atoms with Gasteiger partial charge in [0.25, 0.3) is 0 Å². The smallest absolute Gasteiger partial charge is 0.397 e. The zero-order valence-corrected chi connectivity index (χ0v) is 31.1. The van der Waals surface area contributed by atoms with Crippen molar-refractivity contribution in [3.63, 3.8) is 0 Å². The second-order valence-electron chi connectivity index (χ2n) is 15.6. The minimum Gasteiger partial charge on any atom is -0.397 e. The average Bonchev–Trinajstić information content (AvgIpc) is 3.58. The second-order valence-corrected chi connectivity index (χ2v) is 16.0. The van der Waals surface area contributed by atoms with E-state index in [1.165, 1.54) is 18.9 Å². The molecule has 4 aliphatic rings. The van der Waals surface area contributed by atoms with Crippen LogP contribution < -0.4 is 11.4 Å². The Kier molecular flexibility index (Phi) is 9.88. The summed E-state index contributed by atoms with van der Waals surface area (Å²) in [6.45, 7) is 3.17. The van der Waals surface area contributed by atoms with Gasteiger partial charge in [0.05, 0.1) is 44.9 Å². The Morgan fingerprint density at radius 1 is 0.944 bits per heavy atom. The number of rotatable bonds is 7. The number of anilines is 1. The van der Waals surface area contributed by atoms with Gasteiger partial charge in [-0.2, -0.15) is 13.2 Å². The molecule has 0 aliphatic carbocycles. The number of imidazole rings is 1. The van der Waals surface area contributed by atoms with Crippen LogP contribution in [-0.2, 0) is 22.2 Å². The summed E-state index contributed by atoms with van der Waals surface area (Å²) in [5, 5.41) is 0.616. The van der Waals surface area contributed by atoms with Gasteiger partial charge >= 0.3 is 11.9 Å². The number of nitrogens with zero attached hydrogens (tertiary/aromatic N) is 6. The molecule has 288 valence electrons. The summed E-state index contributed by atoms with van der Waals surface area (Å²) in [5.74, 6) is -1.38. The number of aromatic amines is 1. The van der Waals surface area contributed by atoms with Gasteiger partial charge in [0.15, 0.2) is 0 Å². The maximum Gasteiger partial charge on any atom is 0.418 e. The summed E-state index contributed by atoms with van der Waals surface area (Å²) in [6, 6.07) is 11.4. The molecule has 2 amide bonds. The van der Waals surface area contributed by atoms with Crippen LogP contribution in [0.2, 0.25) is 5.02 Å². The number of para-hydroxylation sites is 1. The number of amides is 2. The Bertz CT molecular complexity index is 2110. The highest BCUT2D eigenvalue weighted by Gasteiger charge is 2.42. The molecular weight excluding hydrogens is 721 g/mol. The predicted octanol–water partition coefficient (Wildman–Crippen LogP) is 5.31. The number of H-pyrrole nitrogens is 1. The average molecular weight is 767 g/mol. The Balaban J connectivity index is 0.970. The van der Waals surface area contributed by atoms with Crippen molar-refractivity contribution in [3.8, 4) is 0 Å². The van der Waals surface area contributed by atoms with Crippen molar-refractivity contribution < 1.29 is 22.8 Å². The van der Waals surface area contributed by atoms with E-state index in [0.29, 0.717) is 62.7 Å². The van der Waals surface area contributed by atoms with Crippen LogP contribution in [0.25, 0.3) is 21.9 Å². The van der Waals surface area contributed by atoms with E-state index in [9.17, 15) is 27.6 Å². The number of hydrogen-bond donors (Lipinski definition) is 2. The van der Waals surface area contributed by atoms with Crippen molar-refractivity contribution in [2.75, 3.05) is 52.0 Å². The normalized spacial score (nSPS) is 23.8. The lowest BCUT2D eigenvalue weighted by atomic mass is 9.91. The molecule has 0 spiro atoms. The molecule has 4 saturated heterocycles. The number of piperidine rings is 2. The summed E-state index contributed by atoms with van der Waals surface area (Å²) in [4.78, 5) is 57.4. The van der Waals surface area contributed by atoms with Gasteiger partial charge in [-0.1, -0.05) is 29.8 Å². The van der Waals surface area contributed by atoms with Gasteiger partial charge in [-0.05, 0) is 75.8 Å². The van der Waals surface area contributed by atoms with Crippen molar-refractivity contribution in [3.05, 3.63) is 69.2 Å². The molecule has 15 heteroatoms. The van der Waals surface area contributed by atoms with E-state index >= 15 is 0 Å². The largest absolute Gasteiger partial charge is 0.418 e. The lowest BCUT2D eigenvalue weighted by molar-refractivity contribution is -0.143. The molecule has 3 atom stereocenters. The number of alkyl halides is 3. The SMILES string of the molecule is CN1C2CCC1CC(N1CCN(C(=O)[C@H](CC(=O)N3CCC(n4c(=O)[nH]c5c6ccccc6ncc54)CC3)Cc3cc(Cl)c(N)c(C(F)(F)F)c3)CC1)C2. The van der Waals surface area contributed by atoms with Gasteiger partial charge in [-0.15, -0.1) is 0 Å². The number of hydrogen-bond acceptors (Lipinski definition) is 7. The topological polar surface area (TPSA) is 124 Å². The second kappa shape index (κ2) is 14.5. The summed E-state index contributed by atoms with van der Waals surface area (Å²) in [7, 11) is 2.22. The number of pyridine rings is 1. The molecule has 54 heavy (non-hydrogen) atoms. The van der Waals surface area contributed by atoms with E-state index in [1.54, 1.807) is 20.6 Å². The number of carbonyl (C=O) groups excluding carboxylic acids is 2. The van der Waals surface area contributed by atoms with Gasteiger partial charge < -0.3 is 25.4 Å². The lowest BCUT2D eigenvalue weighted by Crippen LogP contribution is -2.56. The van der Waals surface area contributed by atoms with Crippen LogP contribution in [0.1, 0.15) is 62.1 Å². The van der Waals surface area contributed by atoms with Crippen LogP contribution >= 0.6 is 11.6 Å². The van der Waals surface area contributed by atoms with Crippen molar-refractivity contribution in [1.82, 2.24) is 34.1 Å². The van der Waals surface area contributed by atoms with E-state index in [-0.39, 0.29) is 47.0 Å². The molecule has 2 aromatic heterocycles. The number of aromatic nitrogens is 3. The van der Waals surface area contributed by atoms with Crippen LogP contribution in [0.15, 0.2) is 47.4 Å². The Morgan fingerprint density at radius 2 is 1.63 bits per heavy atom. The van der Waals surface area contributed by atoms with Gasteiger partial charge in [0.1, 0.15) is 0 Å². The molecule has 4 aromatic rings. The minimum atomic E-state index is -4.73. The number of benzene rings is 2. The molecule has 6 heterocycles. The summed E-state index contributed by atoms with van der Waals surface area (Å²) >= 11 is 6.19. The summed E-state index contributed by atoms with van der Waals surface area (Å²) in [5.41, 5.74) is 6.28. The third-order valence-electron chi connectivity index (χ3n) is 12.6. The third-order valence-corrected chi connectivity index (χ3v) is 12.9. The molecule has 4 aliphatic heterocycles. The number of nitrogens with two attached hydrogens (primary N) is 1. The van der Waals surface area contributed by atoms with Crippen molar-refractivity contribution in [2.24, 2.45) is 5.92 Å². The molecule has 2 aromatic carbocycles. The fourth-order valence-electron chi connectivity index (χ4n) is 9.60. The van der Waals surface area contributed by atoms with Crippen molar-refractivity contribution >= 4 is 51.0 Å². The molecular formula is C39H46ClF3N8O3. The fourth-order valence-corrected chi connectivity index (χ4v) is 9.84. The first-order valence-electron chi connectivity index (χ1n) is 19.0. The first-order chi connectivity index (χ1) is 25.9. The zero-order chi connectivity index (χ0) is 37.9. The third kappa shape index (κ3) is 6.96. The molecule has 2 unspecified atom stereocenters. The first kappa shape index (κ1) is 36.8. The number of likely N-dealkylation sites (tertiary alicyclic amines) is 1. The molecule has 8 rings (SSSR count). The molecule has 3 N–H and O–H groups in total. The van der Waals surface area contributed by atoms with E-state index in [2.05, 4.69) is 26.8 Å². The molecule has 0 saturated carbocycles. The highest BCUT2D eigenvalue weighted by atomic mass is 35.5. The van der Waals surface area contributed by atoms with Gasteiger partial charge in [0.2, 0.25) is 11.8 Å². The Hall–Kier alpha value is -4.14. The number of nitrogens with one attached hydrogen (secondary N) is 1. The lowest BCUT2D eigenvalue weighted by Gasteiger charge is -2.45. The van der Waals surface area contributed by atoms with Crippen molar-refractivity contribution in [1.29, 1.82) is 0 Å². The van der Waals surface area contributed by atoms with Gasteiger partial charge in [0, 0.05) is 75.2 Å². The maximum absolute atomic E-state index is 14.3. The van der Waals surface area contributed by atoms with Crippen LogP contribution in [0, 0.1) is 5.92 Å². The maximum atomic E-state index is 14.3. The minimum absolute atomic E-state index is 0.0889. The van der Waals surface area contributed by atoms with Crippen LogP contribution in [-0.4, -0.2) is 110 Å². The molecule has 2 bridgehead atoms. The molecule has 11 nitrogen and oxygen atoms in total. The number of nitrogen functional groups attached to an aromatic ring is 1. The van der Waals surface area contributed by atoms with E-state index in [1.807, 2.05) is 24.3 Å². The number of fused-ring (bicyclic) bond motifs is 5. The van der Waals surface area contributed by atoms with E-state index in [4.69, 9.17) is 17.3 Å². The Labute approximate surface area is 316 Å². The van der Waals surface area contributed by atoms with Crippen LogP contribution in [0.3, 0.4) is 0 Å². The summed E-state index contributed by atoms with van der Waals surface area (Å²) < 4.78 is 43.5. The monoisotopic (exact) mass is 766 g/mol. The van der Waals surface area contributed by atoms with Gasteiger partial charge in [-0.25, -0.2) is 4.79 Å². The van der Waals surface area contributed by atoms with Gasteiger partial charge in [-0.3, -0.25) is 24.0 Å². The zero-order valence-electron chi connectivity index (χ0n) is 30.3. The highest BCUT2D eigenvalue weighted by molar-refractivity contribution is 6.33. The quantitative estimate of drug-likeness (QED) is 0.245. The number of piperazine rings is 1. The fraction of sp³-hybridized carbons (Fsp3) is 0.538. The number of halogens is 4. The predicted molar refractivity (Wildman–Crippen MR) is 201 cm³/mol. The molecule has 4 fully saturated rings. The molecule has 0 radical (unpaired) electrons. The Morgan fingerprint density at radius 3 is 2.31 bits per heavy atom. The van der Waals surface area contributed by atoms with E-state index < -0.39 is 23.3 Å². The standard InChI is InChI=1S/C39H46ClF3N8O3/c1-47-26-6-7-27(47)21-28(20-26)48-12-14-50(15-13-48)37(53)24(16-23-17-30(39(41,42)43)35(44)31(40)18-23)19-34(52)49-10-8-25(9-11-49)51-33-22-45-32-5-3-2-4-29(32)36(33)46-38(51)54/h2-5,17-18,22,24-28H,6-16,19-21,44H2,1H3,(H,46,54)/t24-,26?,27?,28?/m0/s1. The van der Waals surface area contributed by atoms with Crippen molar-refractivity contribution in [2.45, 2.75) is 81.7 Å². The first-order valence-corrected chi connectivity index (χ1v) is 19.4.